The lowest BCUT2D eigenvalue weighted by Crippen LogP contribution is -2.69. The van der Waals surface area contributed by atoms with Gasteiger partial charge in [-0.25, -0.2) is 9.18 Å². The third-order valence-corrected chi connectivity index (χ3v) is 11.4. The number of rotatable bonds is 5. The molecule has 45 heavy (non-hydrogen) atoms. The van der Waals surface area contributed by atoms with Crippen molar-refractivity contribution in [1.82, 2.24) is 0 Å². The van der Waals surface area contributed by atoms with Crippen LogP contribution in [0, 0.1) is 22.7 Å². The number of hydrogen-bond donors (Lipinski definition) is 3. The number of nitrogen functional groups attached to an aromatic ring is 1. The molecule has 0 unspecified atom stereocenters. The number of halogens is 1. The minimum Gasteiger partial charge on any atom is -0.423 e. The predicted octanol–water partition coefficient (Wildman–Crippen LogP) is 4.18. The van der Waals surface area contributed by atoms with Crippen LogP contribution in [0.1, 0.15) is 61.7 Å². The van der Waals surface area contributed by atoms with Gasteiger partial charge in [0, 0.05) is 34.1 Å². The second kappa shape index (κ2) is 10.2. The van der Waals surface area contributed by atoms with Crippen LogP contribution in [0.3, 0.4) is 0 Å². The number of alkyl halides is 1. The van der Waals surface area contributed by atoms with E-state index in [2.05, 4.69) is 0 Å². The normalized spacial score (nSPS) is 39.7. The molecule has 10 heteroatoms. The summed E-state index contributed by atoms with van der Waals surface area (Å²) in [6.07, 6.45) is 2.26. The van der Waals surface area contributed by atoms with Gasteiger partial charge in [-0.15, -0.1) is 0 Å². The third kappa shape index (κ3) is 4.02. The predicted molar refractivity (Wildman–Crippen MR) is 160 cm³/mol. The van der Waals surface area contributed by atoms with Crippen molar-refractivity contribution in [3.63, 3.8) is 0 Å². The van der Waals surface area contributed by atoms with Crippen molar-refractivity contribution in [2.75, 3.05) is 12.3 Å². The number of fused-ring (bicyclic) bond motifs is 7. The van der Waals surface area contributed by atoms with Crippen LogP contribution in [0.15, 0.2) is 72.3 Å². The summed E-state index contributed by atoms with van der Waals surface area (Å²) in [6.45, 7) is 2.77. The van der Waals surface area contributed by atoms with E-state index < -0.39 is 70.8 Å². The van der Waals surface area contributed by atoms with Gasteiger partial charge in [-0.3, -0.25) is 9.59 Å². The highest BCUT2D eigenvalue weighted by molar-refractivity contribution is 6.01. The number of ether oxygens (including phenoxy) is 3. The van der Waals surface area contributed by atoms with Crippen LogP contribution < -0.4 is 10.5 Å². The lowest BCUT2D eigenvalue weighted by atomic mass is 9.44. The SMILES string of the molecule is C[C@]12C=CC(=O)C=C1CC[C@H]1[C@@H]3C[C@H]4O[C@@H](c5ccc(C(=O)Oc6cccc(N)c6)cc5)O[C@@]4(C(=O)CO)[C@@]3(C)C[C@H](O)[C@@]12F. The second-order valence-corrected chi connectivity index (χ2v) is 13.5. The molecular formula is C35H36FNO8. The van der Waals surface area contributed by atoms with E-state index in [1.54, 1.807) is 61.5 Å². The molecule has 4 aliphatic carbocycles. The molecule has 5 aliphatic rings. The number of anilines is 1. The fourth-order valence-corrected chi connectivity index (χ4v) is 9.24. The van der Waals surface area contributed by atoms with Crippen LogP contribution in [0.4, 0.5) is 10.1 Å². The molecule has 0 aromatic heterocycles. The molecule has 0 radical (unpaired) electrons. The molecule has 0 spiro atoms. The molecule has 4 N–H and O–H groups in total. The Kier molecular flexibility index (Phi) is 6.76. The standard InChI is InChI=1S/C35H36FNO8/c1-32-13-12-23(39)14-21(32)10-11-25-26-16-29-35(28(41)18-38,33(26,2)17-27(40)34(25,32)36)45-31(44-29)20-8-6-19(7-9-20)30(42)43-24-5-3-4-22(37)15-24/h3-9,12-15,25-27,29,31,38,40H,10-11,16-18,37H2,1-2H3/t25-,26-,27-,29+,31+,32-,33-,34-,35+/m0/s1. The van der Waals surface area contributed by atoms with Gasteiger partial charge in [0.15, 0.2) is 29.1 Å². The van der Waals surface area contributed by atoms with Crippen LogP contribution in [0.25, 0.3) is 0 Å². The van der Waals surface area contributed by atoms with Gasteiger partial charge in [-0.1, -0.05) is 36.8 Å². The first-order valence-corrected chi connectivity index (χ1v) is 15.3. The minimum atomic E-state index is -2.07. The van der Waals surface area contributed by atoms with E-state index in [9.17, 15) is 24.6 Å². The summed E-state index contributed by atoms with van der Waals surface area (Å²) in [7, 11) is 0. The summed E-state index contributed by atoms with van der Waals surface area (Å²) >= 11 is 0. The number of carbonyl (C=O) groups is 3. The maximum atomic E-state index is 17.5. The van der Waals surface area contributed by atoms with Crippen molar-refractivity contribution in [2.24, 2.45) is 22.7 Å². The summed E-state index contributed by atoms with van der Waals surface area (Å²) in [5, 5.41) is 21.9. The number of aliphatic hydroxyl groups is 2. The summed E-state index contributed by atoms with van der Waals surface area (Å²) in [5.41, 5.74) is 1.80. The van der Waals surface area contributed by atoms with Crippen LogP contribution >= 0.6 is 0 Å². The summed E-state index contributed by atoms with van der Waals surface area (Å²) < 4.78 is 35.9. The Balaban J connectivity index is 1.17. The molecule has 2 aromatic rings. The monoisotopic (exact) mass is 617 g/mol. The number of Topliss-reactive ketones (excluding diaryl/α,β-unsaturated/α-hetero) is 1. The molecule has 4 fully saturated rings. The molecule has 1 aliphatic heterocycles. The zero-order valence-corrected chi connectivity index (χ0v) is 25.1. The minimum absolute atomic E-state index is 0.0948. The Morgan fingerprint density at radius 3 is 2.60 bits per heavy atom. The first-order valence-electron chi connectivity index (χ1n) is 15.3. The molecule has 9 atom stereocenters. The van der Waals surface area contributed by atoms with Crippen LogP contribution in [-0.2, 0) is 19.1 Å². The molecular weight excluding hydrogens is 581 g/mol. The van der Waals surface area contributed by atoms with Crippen molar-refractivity contribution < 1.29 is 43.2 Å². The van der Waals surface area contributed by atoms with Gasteiger partial charge in [0.05, 0.1) is 17.8 Å². The zero-order chi connectivity index (χ0) is 31.9. The number of ketones is 2. The number of carbonyl (C=O) groups excluding carboxylic acids is 3. The molecule has 7 rings (SSSR count). The van der Waals surface area contributed by atoms with E-state index in [1.807, 2.05) is 6.92 Å². The Hall–Kier alpha value is -3.70. The van der Waals surface area contributed by atoms with E-state index in [1.165, 1.54) is 12.2 Å². The van der Waals surface area contributed by atoms with Gasteiger partial charge in [0.1, 0.15) is 12.4 Å². The number of hydrogen-bond acceptors (Lipinski definition) is 9. The fraction of sp³-hybridized carbons (Fsp3) is 0.457. The highest BCUT2D eigenvalue weighted by Crippen LogP contribution is 2.72. The van der Waals surface area contributed by atoms with Gasteiger partial charge in [0.2, 0.25) is 0 Å². The van der Waals surface area contributed by atoms with Gasteiger partial charge >= 0.3 is 5.97 Å². The van der Waals surface area contributed by atoms with Crippen molar-refractivity contribution in [1.29, 1.82) is 0 Å². The zero-order valence-electron chi connectivity index (χ0n) is 25.1. The quantitative estimate of drug-likeness (QED) is 0.256. The molecule has 9 nitrogen and oxygen atoms in total. The first-order chi connectivity index (χ1) is 21.4. The number of allylic oxidation sites excluding steroid dienone is 4. The van der Waals surface area contributed by atoms with Crippen molar-refractivity contribution >= 4 is 23.2 Å². The van der Waals surface area contributed by atoms with Gasteiger partial charge in [-0.2, -0.15) is 0 Å². The van der Waals surface area contributed by atoms with Crippen molar-refractivity contribution in [3.8, 4) is 5.75 Å². The molecule has 0 amide bonds. The van der Waals surface area contributed by atoms with Crippen molar-refractivity contribution in [2.45, 2.75) is 69.3 Å². The van der Waals surface area contributed by atoms with Gasteiger partial charge in [-0.05, 0) is 74.9 Å². The summed E-state index contributed by atoms with van der Waals surface area (Å²) in [6, 6.07) is 12.9. The molecule has 3 saturated carbocycles. The number of aliphatic hydroxyl groups excluding tert-OH is 2. The maximum absolute atomic E-state index is 17.5. The average Bonchev–Trinajstić information content (AvgIpc) is 3.51. The number of benzene rings is 2. The van der Waals surface area contributed by atoms with E-state index >= 15 is 4.39 Å². The molecule has 2 aromatic carbocycles. The highest BCUT2D eigenvalue weighted by Gasteiger charge is 2.79. The van der Waals surface area contributed by atoms with Crippen molar-refractivity contribution in [3.05, 3.63) is 83.5 Å². The molecule has 1 saturated heterocycles. The lowest BCUT2D eigenvalue weighted by molar-refractivity contribution is -0.231. The van der Waals surface area contributed by atoms with Gasteiger partial charge in [0.25, 0.3) is 0 Å². The van der Waals surface area contributed by atoms with E-state index in [0.29, 0.717) is 41.8 Å². The van der Waals surface area contributed by atoms with E-state index in [4.69, 9.17) is 19.9 Å². The third-order valence-electron chi connectivity index (χ3n) is 11.4. The average molecular weight is 618 g/mol. The molecule has 1 heterocycles. The Labute approximate surface area is 259 Å². The topological polar surface area (TPSA) is 145 Å². The maximum Gasteiger partial charge on any atom is 0.343 e. The fourth-order valence-electron chi connectivity index (χ4n) is 9.24. The van der Waals surface area contributed by atoms with Gasteiger partial charge < -0.3 is 30.2 Å². The van der Waals surface area contributed by atoms with E-state index in [0.717, 1.165) is 0 Å². The Bertz CT molecular complexity index is 1650. The molecule has 0 bridgehead atoms. The van der Waals surface area contributed by atoms with Crippen LogP contribution in [0.2, 0.25) is 0 Å². The van der Waals surface area contributed by atoms with E-state index in [-0.39, 0.29) is 17.8 Å². The lowest BCUT2D eigenvalue weighted by Gasteiger charge is -2.62. The summed E-state index contributed by atoms with van der Waals surface area (Å²) in [4.78, 5) is 38.6. The smallest absolute Gasteiger partial charge is 0.343 e. The Morgan fingerprint density at radius 2 is 1.89 bits per heavy atom. The first kappa shape index (κ1) is 30.0. The number of nitrogens with two attached hydrogens (primary N) is 1. The van der Waals surface area contributed by atoms with Crippen LogP contribution in [-0.4, -0.2) is 57.8 Å². The highest BCUT2D eigenvalue weighted by atomic mass is 19.1. The molecule has 236 valence electrons. The Morgan fingerprint density at radius 1 is 1.13 bits per heavy atom. The largest absolute Gasteiger partial charge is 0.423 e. The van der Waals surface area contributed by atoms with Crippen LogP contribution in [0.5, 0.6) is 5.75 Å². The summed E-state index contributed by atoms with van der Waals surface area (Å²) in [5.74, 6) is -2.09. The number of esters is 1. The second-order valence-electron chi connectivity index (χ2n) is 13.5.